The molecule has 2 heterocycles. The molecule has 2 aromatic rings. The summed E-state index contributed by atoms with van der Waals surface area (Å²) < 4.78 is 48.8. The van der Waals surface area contributed by atoms with Crippen molar-refractivity contribution >= 4 is 5.97 Å². The smallest absolute Gasteiger partial charge is 0.417 e. The molecule has 0 saturated heterocycles. The van der Waals surface area contributed by atoms with Crippen LogP contribution < -0.4 is 4.74 Å². The van der Waals surface area contributed by atoms with Gasteiger partial charge in [0.25, 0.3) is 0 Å². The lowest BCUT2D eigenvalue weighted by atomic mass is 10.2. The Hall–Kier alpha value is -2.58. The number of carbonyl (C=O) groups excluding carboxylic acids is 1. The summed E-state index contributed by atoms with van der Waals surface area (Å²) in [7, 11) is 1.59. The van der Waals surface area contributed by atoms with Crippen molar-refractivity contribution < 1.29 is 27.4 Å². The highest BCUT2D eigenvalue weighted by molar-refractivity contribution is 5.71. The Balaban J connectivity index is 2.13. The van der Waals surface area contributed by atoms with Crippen molar-refractivity contribution in [2.24, 2.45) is 7.05 Å². The van der Waals surface area contributed by atoms with Gasteiger partial charge in [-0.15, -0.1) is 5.10 Å². The number of nitrogens with zero attached hydrogens (tertiary/aromatic N) is 3. The second kappa shape index (κ2) is 6.67. The van der Waals surface area contributed by atoms with Crippen LogP contribution in [0.5, 0.6) is 5.88 Å². The van der Waals surface area contributed by atoms with E-state index in [0.717, 1.165) is 12.3 Å². The molecule has 23 heavy (non-hydrogen) atoms. The number of aryl methyl sites for hydroxylation is 1. The van der Waals surface area contributed by atoms with Crippen molar-refractivity contribution in [1.82, 2.24) is 14.8 Å². The van der Waals surface area contributed by atoms with Crippen LogP contribution in [-0.4, -0.2) is 33.9 Å². The highest BCUT2D eigenvalue weighted by Gasteiger charge is 2.30. The summed E-state index contributed by atoms with van der Waals surface area (Å²) in [4.78, 5) is 15.0. The van der Waals surface area contributed by atoms with Crippen molar-refractivity contribution in [3.63, 3.8) is 0 Å². The first kappa shape index (κ1) is 16.8. The third-order valence-corrected chi connectivity index (χ3v) is 2.85. The number of alkyl halides is 3. The van der Waals surface area contributed by atoms with Gasteiger partial charge in [-0.3, -0.25) is 9.67 Å². The first-order chi connectivity index (χ1) is 10.8. The minimum absolute atomic E-state index is 0.150. The van der Waals surface area contributed by atoms with E-state index in [0.29, 0.717) is 11.4 Å². The molecular weight excluding hydrogens is 315 g/mol. The van der Waals surface area contributed by atoms with Gasteiger partial charge in [0.2, 0.25) is 5.88 Å². The highest BCUT2D eigenvalue weighted by Crippen LogP contribution is 2.30. The number of esters is 1. The Labute approximate surface area is 129 Å². The molecule has 0 radical (unpaired) electrons. The fraction of sp³-hybridized carbons (Fsp3) is 0.357. The number of pyridine rings is 1. The number of rotatable bonds is 5. The topological polar surface area (TPSA) is 66.2 Å². The Kier molecular flexibility index (Phi) is 4.87. The van der Waals surface area contributed by atoms with E-state index in [2.05, 4.69) is 10.1 Å². The largest absolute Gasteiger partial charge is 0.465 e. The molecular formula is C14H14F3N3O3. The summed E-state index contributed by atoms with van der Waals surface area (Å²) >= 11 is 0. The van der Waals surface area contributed by atoms with Crippen LogP contribution in [0, 0.1) is 0 Å². The molecule has 0 atom stereocenters. The van der Waals surface area contributed by atoms with Crippen molar-refractivity contribution in [3.8, 4) is 17.3 Å². The van der Waals surface area contributed by atoms with Gasteiger partial charge >= 0.3 is 12.1 Å². The Morgan fingerprint density at radius 1 is 1.35 bits per heavy atom. The molecule has 6 nitrogen and oxygen atoms in total. The molecule has 0 spiro atoms. The lowest BCUT2D eigenvalue weighted by molar-refractivity contribution is -0.145. The molecule has 0 amide bonds. The van der Waals surface area contributed by atoms with E-state index in [9.17, 15) is 18.0 Å². The van der Waals surface area contributed by atoms with Crippen LogP contribution >= 0.6 is 0 Å². The average Bonchev–Trinajstić information content (AvgIpc) is 2.86. The molecule has 0 bridgehead atoms. The third-order valence-electron chi connectivity index (χ3n) is 2.85. The number of halogens is 3. The number of hydrogen-bond donors (Lipinski definition) is 0. The van der Waals surface area contributed by atoms with Gasteiger partial charge in [-0.05, 0) is 19.1 Å². The number of aromatic nitrogens is 3. The maximum atomic E-state index is 12.5. The van der Waals surface area contributed by atoms with E-state index < -0.39 is 17.7 Å². The molecule has 0 aromatic carbocycles. The first-order valence-corrected chi connectivity index (χ1v) is 6.67. The zero-order chi connectivity index (χ0) is 17.0. The van der Waals surface area contributed by atoms with Crippen LogP contribution in [0.3, 0.4) is 0 Å². The molecule has 9 heteroatoms. The zero-order valence-electron chi connectivity index (χ0n) is 12.4. The van der Waals surface area contributed by atoms with E-state index >= 15 is 0 Å². The summed E-state index contributed by atoms with van der Waals surface area (Å²) in [5.41, 5.74) is -0.0706. The monoisotopic (exact) mass is 329 g/mol. The predicted octanol–water partition coefficient (Wildman–Crippen LogP) is 2.44. The zero-order valence-corrected chi connectivity index (χ0v) is 12.4. The molecule has 2 aromatic heterocycles. The second-order valence-corrected chi connectivity index (χ2v) is 4.51. The molecule has 0 aliphatic rings. The number of carbonyl (C=O) groups is 1. The van der Waals surface area contributed by atoms with E-state index in [4.69, 9.17) is 9.47 Å². The van der Waals surface area contributed by atoms with E-state index in [-0.39, 0.29) is 19.1 Å². The average molecular weight is 329 g/mol. The van der Waals surface area contributed by atoms with E-state index in [1.54, 1.807) is 14.0 Å². The van der Waals surface area contributed by atoms with Crippen LogP contribution in [0.1, 0.15) is 12.5 Å². The van der Waals surface area contributed by atoms with Crippen LogP contribution in [0.15, 0.2) is 24.4 Å². The summed E-state index contributed by atoms with van der Waals surface area (Å²) in [6.45, 7) is 1.61. The lowest BCUT2D eigenvalue weighted by Crippen LogP contribution is -2.14. The molecule has 0 saturated carbocycles. The summed E-state index contributed by atoms with van der Waals surface area (Å²) in [5, 5.41) is 4.01. The van der Waals surface area contributed by atoms with Gasteiger partial charge in [0.1, 0.15) is 0 Å². The molecule has 124 valence electrons. The van der Waals surface area contributed by atoms with Gasteiger partial charge in [0.15, 0.2) is 6.61 Å². The quantitative estimate of drug-likeness (QED) is 0.788. The molecule has 0 aliphatic heterocycles. The van der Waals surface area contributed by atoms with Gasteiger partial charge in [-0.25, -0.2) is 4.79 Å². The fourth-order valence-electron chi connectivity index (χ4n) is 1.80. The maximum Gasteiger partial charge on any atom is 0.417 e. The van der Waals surface area contributed by atoms with Gasteiger partial charge < -0.3 is 9.47 Å². The SMILES string of the molecule is CCOC(=O)COc1cc(-c2ccc(C(F)(F)F)cn2)n(C)n1. The van der Waals surface area contributed by atoms with Gasteiger partial charge in [-0.2, -0.15) is 13.2 Å². The van der Waals surface area contributed by atoms with Gasteiger partial charge in [-0.1, -0.05) is 0 Å². The van der Waals surface area contributed by atoms with Crippen molar-refractivity contribution in [2.75, 3.05) is 13.2 Å². The van der Waals surface area contributed by atoms with E-state index in [1.165, 1.54) is 16.8 Å². The lowest BCUT2D eigenvalue weighted by Gasteiger charge is -2.06. The Morgan fingerprint density at radius 2 is 2.09 bits per heavy atom. The fourth-order valence-corrected chi connectivity index (χ4v) is 1.80. The van der Waals surface area contributed by atoms with Crippen LogP contribution in [-0.2, 0) is 22.8 Å². The molecule has 0 fully saturated rings. The normalized spacial score (nSPS) is 11.3. The van der Waals surface area contributed by atoms with Crippen LogP contribution in [0.25, 0.3) is 11.4 Å². The summed E-state index contributed by atoms with van der Waals surface area (Å²) in [5.74, 6) is -0.385. The Bertz CT molecular complexity index is 681. The van der Waals surface area contributed by atoms with Crippen molar-refractivity contribution in [3.05, 3.63) is 30.0 Å². The minimum atomic E-state index is -4.44. The molecule has 2 rings (SSSR count). The molecule has 0 N–H and O–H groups in total. The van der Waals surface area contributed by atoms with Gasteiger partial charge in [0.05, 0.1) is 23.6 Å². The summed E-state index contributed by atoms with van der Waals surface area (Å²) in [6.07, 6.45) is -3.69. The van der Waals surface area contributed by atoms with Crippen molar-refractivity contribution in [1.29, 1.82) is 0 Å². The third kappa shape index (κ3) is 4.21. The van der Waals surface area contributed by atoms with Gasteiger partial charge in [0, 0.05) is 19.3 Å². The molecule has 0 aliphatic carbocycles. The number of hydrogen-bond acceptors (Lipinski definition) is 5. The highest BCUT2D eigenvalue weighted by atomic mass is 19.4. The number of ether oxygens (including phenoxy) is 2. The Morgan fingerprint density at radius 3 is 2.65 bits per heavy atom. The second-order valence-electron chi connectivity index (χ2n) is 4.51. The van der Waals surface area contributed by atoms with E-state index in [1.807, 2.05) is 0 Å². The van der Waals surface area contributed by atoms with Crippen molar-refractivity contribution in [2.45, 2.75) is 13.1 Å². The first-order valence-electron chi connectivity index (χ1n) is 6.67. The molecule has 0 unspecified atom stereocenters. The van der Waals surface area contributed by atoms with Crippen LogP contribution in [0.2, 0.25) is 0 Å². The van der Waals surface area contributed by atoms with Crippen LogP contribution in [0.4, 0.5) is 13.2 Å². The summed E-state index contributed by atoms with van der Waals surface area (Å²) in [6, 6.07) is 3.66. The maximum absolute atomic E-state index is 12.5. The predicted molar refractivity (Wildman–Crippen MR) is 73.6 cm³/mol. The minimum Gasteiger partial charge on any atom is -0.465 e. The standard InChI is InChI=1S/C14H14F3N3O3/c1-3-22-13(21)8-23-12-6-11(20(2)19-12)10-5-4-9(7-18-10)14(15,16)17/h4-7H,3,8H2,1-2H3.